The zero-order valence-corrected chi connectivity index (χ0v) is 14.2. The average molecular weight is 338 g/mol. The second-order valence-corrected chi connectivity index (χ2v) is 6.11. The van der Waals surface area contributed by atoms with Crippen molar-refractivity contribution in [3.8, 4) is 0 Å². The first-order valence-electron chi connectivity index (χ1n) is 8.57. The van der Waals surface area contributed by atoms with Crippen molar-refractivity contribution in [2.75, 3.05) is 0 Å². The molecule has 3 nitrogen and oxygen atoms in total. The van der Waals surface area contributed by atoms with Crippen LogP contribution in [0, 0.1) is 0 Å². The van der Waals surface area contributed by atoms with E-state index in [0.717, 1.165) is 21.9 Å². The lowest BCUT2D eigenvalue weighted by molar-refractivity contribution is 0.0940. The maximum atomic E-state index is 13.0. The molecule has 3 aromatic carbocycles. The second kappa shape index (κ2) is 7.19. The number of hydrogen-bond donors (Lipinski definition) is 1. The van der Waals surface area contributed by atoms with Crippen LogP contribution < -0.4 is 5.32 Å². The van der Waals surface area contributed by atoms with E-state index in [1.165, 1.54) is 0 Å². The molecule has 0 atom stereocenters. The molecule has 0 saturated heterocycles. The Morgan fingerprint density at radius 2 is 1.31 bits per heavy atom. The van der Waals surface area contributed by atoms with E-state index in [1.54, 1.807) is 6.20 Å². The van der Waals surface area contributed by atoms with Gasteiger partial charge in [0, 0.05) is 11.6 Å². The molecule has 0 spiro atoms. The molecule has 1 amide bonds. The van der Waals surface area contributed by atoms with Gasteiger partial charge in [-0.3, -0.25) is 9.78 Å². The van der Waals surface area contributed by atoms with Crippen LogP contribution >= 0.6 is 0 Å². The van der Waals surface area contributed by atoms with Crippen molar-refractivity contribution >= 4 is 16.7 Å². The van der Waals surface area contributed by atoms with Crippen molar-refractivity contribution in [3.05, 3.63) is 114 Å². The number of rotatable bonds is 4. The van der Waals surface area contributed by atoms with Gasteiger partial charge in [-0.2, -0.15) is 0 Å². The molecule has 0 bridgehead atoms. The molecular weight excluding hydrogens is 320 g/mol. The van der Waals surface area contributed by atoms with Crippen LogP contribution in [-0.2, 0) is 0 Å². The number of aromatic nitrogens is 1. The van der Waals surface area contributed by atoms with Crippen LogP contribution in [0.3, 0.4) is 0 Å². The van der Waals surface area contributed by atoms with Gasteiger partial charge in [0.25, 0.3) is 5.91 Å². The lowest BCUT2D eigenvalue weighted by Crippen LogP contribution is -2.30. The molecule has 4 rings (SSSR count). The Labute approximate surface area is 152 Å². The Bertz CT molecular complexity index is 985. The molecule has 0 saturated carbocycles. The van der Waals surface area contributed by atoms with E-state index in [-0.39, 0.29) is 11.9 Å². The quantitative estimate of drug-likeness (QED) is 0.583. The molecule has 1 aromatic heterocycles. The van der Waals surface area contributed by atoms with Crippen LogP contribution in [0.1, 0.15) is 27.7 Å². The Kier molecular flexibility index (Phi) is 4.44. The number of nitrogens with zero attached hydrogens (tertiary/aromatic N) is 1. The van der Waals surface area contributed by atoms with Crippen molar-refractivity contribution in [1.29, 1.82) is 0 Å². The van der Waals surface area contributed by atoms with Gasteiger partial charge in [0.2, 0.25) is 0 Å². The molecule has 26 heavy (non-hydrogen) atoms. The van der Waals surface area contributed by atoms with Crippen molar-refractivity contribution in [2.45, 2.75) is 6.04 Å². The maximum Gasteiger partial charge on any atom is 0.271 e. The lowest BCUT2D eigenvalue weighted by Gasteiger charge is -2.20. The fourth-order valence-electron chi connectivity index (χ4n) is 3.15. The molecular formula is C23H18N2O. The number of fused-ring (bicyclic) bond motifs is 1. The van der Waals surface area contributed by atoms with Crippen molar-refractivity contribution in [2.24, 2.45) is 0 Å². The summed E-state index contributed by atoms with van der Waals surface area (Å²) in [5.41, 5.74) is 2.51. The number of hydrogen-bond acceptors (Lipinski definition) is 2. The van der Waals surface area contributed by atoms with Crippen LogP contribution in [0.15, 0.2) is 97.2 Å². The van der Waals surface area contributed by atoms with E-state index in [2.05, 4.69) is 10.3 Å². The average Bonchev–Trinajstić information content (AvgIpc) is 2.72. The summed E-state index contributed by atoms with van der Waals surface area (Å²) in [6.07, 6.45) is 1.68. The first kappa shape index (κ1) is 16.0. The molecule has 1 N–H and O–H groups in total. The highest BCUT2D eigenvalue weighted by atomic mass is 16.1. The molecule has 0 unspecified atom stereocenters. The van der Waals surface area contributed by atoms with E-state index in [9.17, 15) is 4.79 Å². The van der Waals surface area contributed by atoms with E-state index in [4.69, 9.17) is 0 Å². The largest absolute Gasteiger partial charge is 0.340 e. The van der Waals surface area contributed by atoms with Gasteiger partial charge in [0.15, 0.2) is 0 Å². The van der Waals surface area contributed by atoms with Crippen molar-refractivity contribution in [3.63, 3.8) is 0 Å². The summed E-state index contributed by atoms with van der Waals surface area (Å²) >= 11 is 0. The maximum absolute atomic E-state index is 13.0. The van der Waals surface area contributed by atoms with Crippen LogP contribution in [0.25, 0.3) is 10.8 Å². The van der Waals surface area contributed by atoms with Crippen molar-refractivity contribution < 1.29 is 4.79 Å². The number of carbonyl (C=O) groups excluding carboxylic acids is 1. The topological polar surface area (TPSA) is 42.0 Å². The minimum Gasteiger partial charge on any atom is -0.340 e. The molecule has 0 radical (unpaired) electrons. The third kappa shape index (κ3) is 3.20. The minimum absolute atomic E-state index is 0.181. The highest BCUT2D eigenvalue weighted by Crippen LogP contribution is 2.23. The third-order valence-corrected chi connectivity index (χ3v) is 4.43. The lowest BCUT2D eigenvalue weighted by atomic mass is 9.98. The number of pyridine rings is 1. The Morgan fingerprint density at radius 3 is 1.96 bits per heavy atom. The number of benzene rings is 3. The summed E-state index contributed by atoms with van der Waals surface area (Å²) in [6, 6.07) is 29.4. The Balaban J connectivity index is 1.73. The second-order valence-electron chi connectivity index (χ2n) is 6.11. The van der Waals surface area contributed by atoms with E-state index < -0.39 is 0 Å². The highest BCUT2D eigenvalue weighted by molar-refractivity contribution is 6.05. The van der Waals surface area contributed by atoms with Gasteiger partial charge in [0.05, 0.1) is 6.04 Å². The first-order chi connectivity index (χ1) is 12.8. The van der Waals surface area contributed by atoms with Gasteiger partial charge in [0.1, 0.15) is 5.69 Å². The molecule has 0 aliphatic rings. The molecule has 1 heterocycles. The predicted molar refractivity (Wildman–Crippen MR) is 104 cm³/mol. The van der Waals surface area contributed by atoms with E-state index in [1.807, 2.05) is 91.0 Å². The molecule has 0 aliphatic heterocycles. The van der Waals surface area contributed by atoms with E-state index >= 15 is 0 Å². The molecule has 4 aromatic rings. The third-order valence-electron chi connectivity index (χ3n) is 4.43. The SMILES string of the molecule is O=C(NC(c1ccccc1)c1ccccc1)c1nccc2ccccc12. The standard InChI is InChI=1S/C23H18N2O/c26-23(22-20-14-8-7-9-17(20)15-16-24-22)25-21(18-10-3-1-4-11-18)19-12-5-2-6-13-19/h1-16,21H,(H,25,26). The fourth-order valence-corrected chi connectivity index (χ4v) is 3.15. The van der Waals surface area contributed by atoms with Crippen LogP contribution in [-0.4, -0.2) is 10.9 Å². The molecule has 0 aliphatic carbocycles. The smallest absolute Gasteiger partial charge is 0.271 e. The number of carbonyl (C=O) groups is 1. The van der Waals surface area contributed by atoms with Gasteiger partial charge < -0.3 is 5.32 Å². The van der Waals surface area contributed by atoms with Crippen LogP contribution in [0.4, 0.5) is 0 Å². The molecule has 3 heteroatoms. The summed E-state index contributed by atoms with van der Waals surface area (Å²) < 4.78 is 0. The summed E-state index contributed by atoms with van der Waals surface area (Å²) in [6.45, 7) is 0. The zero-order chi connectivity index (χ0) is 17.8. The summed E-state index contributed by atoms with van der Waals surface area (Å²) in [5, 5.41) is 5.01. The minimum atomic E-state index is -0.231. The number of amides is 1. The van der Waals surface area contributed by atoms with Gasteiger partial charge in [-0.15, -0.1) is 0 Å². The van der Waals surface area contributed by atoms with Crippen LogP contribution in [0.5, 0.6) is 0 Å². The molecule has 126 valence electrons. The van der Waals surface area contributed by atoms with Gasteiger partial charge in [-0.05, 0) is 22.6 Å². The van der Waals surface area contributed by atoms with E-state index in [0.29, 0.717) is 5.69 Å². The fraction of sp³-hybridized carbons (Fsp3) is 0.0435. The highest BCUT2D eigenvalue weighted by Gasteiger charge is 2.19. The zero-order valence-electron chi connectivity index (χ0n) is 14.2. The first-order valence-corrected chi connectivity index (χ1v) is 8.57. The molecule has 0 fully saturated rings. The van der Waals surface area contributed by atoms with Gasteiger partial charge in [-0.1, -0.05) is 84.9 Å². The summed E-state index contributed by atoms with van der Waals surface area (Å²) in [5.74, 6) is -0.181. The normalized spacial score (nSPS) is 10.8. The van der Waals surface area contributed by atoms with Crippen LogP contribution in [0.2, 0.25) is 0 Å². The number of nitrogens with one attached hydrogen (secondary N) is 1. The monoisotopic (exact) mass is 338 g/mol. The predicted octanol–water partition coefficient (Wildman–Crippen LogP) is 4.75. The summed E-state index contributed by atoms with van der Waals surface area (Å²) in [7, 11) is 0. The summed E-state index contributed by atoms with van der Waals surface area (Å²) in [4.78, 5) is 17.4. The van der Waals surface area contributed by atoms with Crippen molar-refractivity contribution in [1.82, 2.24) is 10.3 Å². The Morgan fingerprint density at radius 1 is 0.731 bits per heavy atom. The van der Waals surface area contributed by atoms with Gasteiger partial charge >= 0.3 is 0 Å². The Hall–Kier alpha value is -3.46. The van der Waals surface area contributed by atoms with Gasteiger partial charge in [-0.25, -0.2) is 0 Å².